The summed E-state index contributed by atoms with van der Waals surface area (Å²) in [5.41, 5.74) is 17.8. The minimum absolute atomic E-state index is 1.13. The normalized spacial score (nSPS) is 14.1. The first kappa shape index (κ1) is 40.3. The monoisotopic (exact) mass is 746 g/mol. The van der Waals surface area contributed by atoms with Gasteiger partial charge in [-0.3, -0.25) is 0 Å². The van der Waals surface area contributed by atoms with Crippen molar-refractivity contribution >= 4 is 45.8 Å². The van der Waals surface area contributed by atoms with Crippen LogP contribution in [0.15, 0.2) is 109 Å². The Morgan fingerprint density at radius 1 is 0.415 bits per heavy atom. The maximum absolute atomic E-state index is 3.61. The van der Waals surface area contributed by atoms with Gasteiger partial charge in [-0.15, -0.1) is 11.1 Å². The third-order valence-corrected chi connectivity index (χ3v) is 17.4. The number of benzene rings is 4. The summed E-state index contributed by atoms with van der Waals surface area (Å²) in [6.07, 6.45) is 10.2. The lowest BCUT2D eigenvalue weighted by molar-refractivity contribution is 0.685. The largest absolute Gasteiger partial charge is 0.129 e. The number of unbranched alkanes of at least 4 members (excludes halogenated alkanes) is 6. The van der Waals surface area contributed by atoms with Gasteiger partial charge >= 0.3 is 0 Å². The predicted molar refractivity (Wildman–Crippen MR) is 243 cm³/mol. The second kappa shape index (κ2) is 18.4. The molecule has 0 amide bonds. The number of allylic oxidation sites excluding steroid dienone is 2. The molecule has 0 N–H and O–H groups in total. The first-order valence-corrected chi connectivity index (χ1v) is 29.7. The first-order chi connectivity index (χ1) is 25.5. The number of hydrogen-bond acceptors (Lipinski definition) is 0. The minimum Gasteiger partial charge on any atom is -0.127 e. The van der Waals surface area contributed by atoms with Crippen molar-refractivity contribution in [3.63, 3.8) is 0 Å². The Morgan fingerprint density at radius 2 is 0.774 bits per heavy atom. The van der Waals surface area contributed by atoms with E-state index in [0.29, 0.717) is 0 Å². The Labute approximate surface area is 326 Å². The fourth-order valence-electron chi connectivity index (χ4n) is 7.77. The average Bonchev–Trinajstić information content (AvgIpc) is 3.44. The molecule has 1 aliphatic heterocycles. The molecular weight excluding hydrogens is 685 g/mol. The Bertz CT molecular complexity index is 1830. The van der Waals surface area contributed by atoms with Gasteiger partial charge in [0, 0.05) is 11.1 Å². The summed E-state index contributed by atoms with van der Waals surface area (Å²) in [7, 11) is -5.38. The molecule has 1 aliphatic rings. The molecule has 5 rings (SSSR count). The van der Waals surface area contributed by atoms with E-state index in [1.54, 1.807) is 10.4 Å². The molecule has 3 heteroatoms. The van der Waals surface area contributed by atoms with Gasteiger partial charge in [0.1, 0.15) is 24.2 Å². The van der Waals surface area contributed by atoms with Crippen molar-refractivity contribution in [2.45, 2.75) is 117 Å². The van der Waals surface area contributed by atoms with Gasteiger partial charge in [-0.2, -0.15) is 0 Å². The Hall–Kier alpha value is -3.87. The summed E-state index contributed by atoms with van der Waals surface area (Å²) in [5, 5.41) is 3.27. The molecule has 1 heterocycles. The second-order valence-electron chi connectivity index (χ2n) is 17.1. The molecule has 0 aromatic heterocycles. The van der Waals surface area contributed by atoms with Crippen LogP contribution in [0.2, 0.25) is 51.4 Å². The lowest BCUT2D eigenvalue weighted by Gasteiger charge is -2.35. The van der Waals surface area contributed by atoms with Crippen molar-refractivity contribution in [1.29, 1.82) is 0 Å². The zero-order valence-corrected chi connectivity index (χ0v) is 37.0. The third kappa shape index (κ3) is 10.6. The molecule has 274 valence electrons. The summed E-state index contributed by atoms with van der Waals surface area (Å²) in [4.78, 5) is 0. The topological polar surface area (TPSA) is 0 Å². The molecule has 0 fully saturated rings. The van der Waals surface area contributed by atoms with Gasteiger partial charge in [-0.25, -0.2) is 0 Å². The minimum atomic E-state index is -2.40. The van der Waals surface area contributed by atoms with Gasteiger partial charge < -0.3 is 0 Å². The van der Waals surface area contributed by atoms with Gasteiger partial charge in [-0.1, -0.05) is 201 Å². The Kier molecular flexibility index (Phi) is 14.0. The van der Waals surface area contributed by atoms with E-state index in [1.807, 2.05) is 0 Å². The van der Waals surface area contributed by atoms with Crippen molar-refractivity contribution in [3.8, 4) is 22.9 Å². The van der Waals surface area contributed by atoms with Gasteiger partial charge in [0.15, 0.2) is 0 Å². The Morgan fingerprint density at radius 3 is 1.09 bits per heavy atom. The van der Waals surface area contributed by atoms with E-state index in [1.165, 1.54) is 96.9 Å². The van der Waals surface area contributed by atoms with Crippen LogP contribution in [0, 0.1) is 22.9 Å². The van der Waals surface area contributed by atoms with Crippen LogP contribution in [-0.4, -0.2) is 24.2 Å². The highest BCUT2D eigenvalue weighted by molar-refractivity contribution is 7.14. The molecule has 0 saturated carbocycles. The van der Waals surface area contributed by atoms with Crippen LogP contribution in [0.3, 0.4) is 0 Å². The molecule has 4 aromatic carbocycles. The fourth-order valence-corrected chi connectivity index (χ4v) is 15.0. The van der Waals surface area contributed by atoms with Crippen LogP contribution >= 0.6 is 0 Å². The second-order valence-corrected chi connectivity index (χ2v) is 30.8. The smallest absolute Gasteiger partial charge is 0.127 e. The molecule has 0 spiro atoms. The maximum Gasteiger partial charge on any atom is 0.129 e. The van der Waals surface area contributed by atoms with Crippen molar-refractivity contribution in [2.75, 3.05) is 0 Å². The summed E-state index contributed by atoms with van der Waals surface area (Å²) in [6.45, 7) is 18.6. The molecule has 0 bridgehead atoms. The van der Waals surface area contributed by atoms with E-state index in [9.17, 15) is 0 Å². The summed E-state index contributed by atoms with van der Waals surface area (Å²) >= 11 is 0. The van der Waals surface area contributed by atoms with E-state index in [0.717, 1.165) is 11.1 Å². The lowest BCUT2D eigenvalue weighted by atomic mass is 9.89. The molecule has 0 nitrogen and oxygen atoms in total. The van der Waals surface area contributed by atoms with E-state index in [4.69, 9.17) is 0 Å². The van der Waals surface area contributed by atoms with Crippen molar-refractivity contribution in [1.82, 2.24) is 0 Å². The zero-order chi connectivity index (χ0) is 37.9. The maximum atomic E-state index is 3.61. The molecule has 0 aliphatic carbocycles. The van der Waals surface area contributed by atoms with E-state index < -0.39 is 24.2 Å². The molecule has 0 radical (unpaired) electrons. The SMILES string of the molecule is CCCCCC[Si]1(CCCCCC)C(c2ccc(C#C[Si](C)(C)C)cc2)=C(c2ccccc2)C(c2ccccc2)=C1c1ccc(C#C[Si](C)(C)C)cc1. The highest BCUT2D eigenvalue weighted by atomic mass is 28.3. The van der Waals surface area contributed by atoms with Gasteiger partial charge in [0.05, 0.1) is 0 Å². The lowest BCUT2D eigenvalue weighted by Crippen LogP contribution is -2.37. The van der Waals surface area contributed by atoms with Crippen molar-refractivity contribution < 1.29 is 0 Å². The van der Waals surface area contributed by atoms with Crippen molar-refractivity contribution in [3.05, 3.63) is 143 Å². The molecule has 0 atom stereocenters. The third-order valence-electron chi connectivity index (χ3n) is 10.3. The van der Waals surface area contributed by atoms with Crippen LogP contribution in [-0.2, 0) is 0 Å². The highest BCUT2D eigenvalue weighted by Crippen LogP contribution is 2.59. The molecule has 53 heavy (non-hydrogen) atoms. The standard InChI is InChI=1S/C50H62Si3/c1-9-11-13-21-37-53(38-22-14-12-10-2)49(45-31-27-41(28-32-45)35-39-51(3,4)5)47(43-23-17-15-18-24-43)48(44-25-19-16-20-26-44)50(53)46-33-29-42(30-34-46)36-40-52(6,7)8/h15-20,23-34H,9-14,21-22,37-38H2,1-8H3. The van der Waals surface area contributed by atoms with Gasteiger partial charge in [-0.05, 0) is 80.1 Å². The quantitative estimate of drug-likeness (QED) is 0.0685. The van der Waals surface area contributed by atoms with Crippen LogP contribution in [0.4, 0.5) is 0 Å². The first-order valence-electron chi connectivity index (χ1n) is 20.3. The van der Waals surface area contributed by atoms with E-state index in [-0.39, 0.29) is 0 Å². The number of rotatable bonds is 14. The van der Waals surface area contributed by atoms with Crippen molar-refractivity contribution in [2.24, 2.45) is 0 Å². The van der Waals surface area contributed by atoms with E-state index >= 15 is 0 Å². The van der Waals surface area contributed by atoms with Crippen LogP contribution in [0.5, 0.6) is 0 Å². The Balaban J connectivity index is 1.86. The van der Waals surface area contributed by atoms with Gasteiger partial charge in [0.2, 0.25) is 0 Å². The average molecular weight is 747 g/mol. The number of hydrogen-bond donors (Lipinski definition) is 0. The van der Waals surface area contributed by atoms with Crippen LogP contribution in [0.25, 0.3) is 21.5 Å². The molecule has 4 aromatic rings. The van der Waals surface area contributed by atoms with Gasteiger partial charge in [0.25, 0.3) is 0 Å². The molecule has 0 unspecified atom stereocenters. The summed E-state index contributed by atoms with van der Waals surface area (Å²) in [5.74, 6) is 7.09. The summed E-state index contributed by atoms with van der Waals surface area (Å²) < 4.78 is 0. The summed E-state index contributed by atoms with van der Waals surface area (Å²) in [6, 6.07) is 44.1. The zero-order valence-electron chi connectivity index (χ0n) is 34.0. The highest BCUT2D eigenvalue weighted by Gasteiger charge is 2.49. The van der Waals surface area contributed by atoms with E-state index in [2.05, 4.69) is 185 Å². The molecule has 0 saturated heterocycles. The predicted octanol–water partition coefficient (Wildman–Crippen LogP) is 14.4. The van der Waals surface area contributed by atoms with Crippen LogP contribution in [0.1, 0.15) is 98.6 Å². The fraction of sp³-hybridized carbons (Fsp3) is 0.360. The molecular formula is C50H62Si3. The van der Waals surface area contributed by atoms with Crippen LogP contribution < -0.4 is 0 Å².